The first kappa shape index (κ1) is 16.8. The summed E-state index contributed by atoms with van der Waals surface area (Å²) in [4.78, 5) is 18.8. The largest absolute Gasteiger partial charge is 0.494 e. The highest BCUT2D eigenvalue weighted by molar-refractivity contribution is 6.07. The Morgan fingerprint density at radius 1 is 1.38 bits per heavy atom. The molecular formula is C18H25N3O3. The third kappa shape index (κ3) is 3.38. The first-order valence-corrected chi connectivity index (χ1v) is 8.63. The molecule has 1 aromatic carbocycles. The van der Waals surface area contributed by atoms with Crippen molar-refractivity contribution in [2.45, 2.75) is 45.7 Å². The quantitative estimate of drug-likeness (QED) is 0.751. The number of fused-ring (bicyclic) bond motifs is 2. The number of nitrogens with one attached hydrogen (secondary N) is 1. The summed E-state index contributed by atoms with van der Waals surface area (Å²) in [5.41, 5.74) is 1.97. The fraction of sp³-hybridized carbons (Fsp3) is 0.556. The zero-order valence-electron chi connectivity index (χ0n) is 14.3. The van der Waals surface area contributed by atoms with Gasteiger partial charge in [-0.15, -0.1) is 0 Å². The highest BCUT2D eigenvalue weighted by atomic mass is 16.5. The number of carbonyl (C=O) groups excluding carboxylic acids is 1. The van der Waals surface area contributed by atoms with E-state index in [0.29, 0.717) is 19.1 Å². The number of nitrogens with zero attached hydrogens (tertiary/aromatic N) is 2. The van der Waals surface area contributed by atoms with Crippen molar-refractivity contribution in [3.63, 3.8) is 0 Å². The summed E-state index contributed by atoms with van der Waals surface area (Å²) in [5.74, 6) is 1.74. The van der Waals surface area contributed by atoms with Gasteiger partial charge in [-0.25, -0.2) is 4.99 Å². The molecular weight excluding hydrogens is 306 g/mol. The molecule has 1 amide bonds. The van der Waals surface area contributed by atoms with Crippen molar-refractivity contribution in [1.29, 1.82) is 0 Å². The molecule has 1 atom stereocenters. The van der Waals surface area contributed by atoms with E-state index >= 15 is 0 Å². The van der Waals surface area contributed by atoms with Gasteiger partial charge >= 0.3 is 0 Å². The maximum Gasteiger partial charge on any atom is 0.249 e. The Balaban J connectivity index is 1.69. The molecule has 0 aromatic heterocycles. The molecule has 3 rings (SSSR count). The van der Waals surface area contributed by atoms with E-state index in [1.165, 1.54) is 0 Å². The number of unbranched alkanes of at least 4 members (excludes halogenated alkanes) is 2. The molecule has 0 saturated carbocycles. The first-order chi connectivity index (χ1) is 11.6. The van der Waals surface area contributed by atoms with E-state index in [-0.39, 0.29) is 24.5 Å². The van der Waals surface area contributed by atoms with Crippen molar-refractivity contribution in [3.8, 4) is 5.75 Å². The fourth-order valence-corrected chi connectivity index (χ4v) is 3.22. The first-order valence-electron chi connectivity index (χ1n) is 8.63. The number of benzene rings is 1. The van der Waals surface area contributed by atoms with Crippen LogP contribution in [-0.2, 0) is 11.3 Å². The molecule has 24 heavy (non-hydrogen) atoms. The van der Waals surface area contributed by atoms with Crippen LogP contribution in [-0.4, -0.2) is 41.1 Å². The zero-order valence-corrected chi connectivity index (χ0v) is 14.3. The minimum Gasteiger partial charge on any atom is -0.494 e. The minimum atomic E-state index is -0.167. The molecule has 1 aromatic rings. The molecule has 1 saturated heterocycles. The minimum absolute atomic E-state index is 0.0249. The molecule has 0 radical (unpaired) electrons. The fourth-order valence-electron chi connectivity index (χ4n) is 3.22. The Morgan fingerprint density at radius 3 is 2.96 bits per heavy atom. The Hall–Kier alpha value is -2.08. The summed E-state index contributed by atoms with van der Waals surface area (Å²) in [6.45, 7) is 5.64. The summed E-state index contributed by atoms with van der Waals surface area (Å²) in [6.07, 6.45) is 2.71. The van der Waals surface area contributed by atoms with Crippen molar-refractivity contribution in [3.05, 3.63) is 23.8 Å². The van der Waals surface area contributed by atoms with Crippen molar-refractivity contribution in [2.75, 3.05) is 13.2 Å². The van der Waals surface area contributed by atoms with Crippen LogP contribution in [0.4, 0.5) is 5.69 Å². The zero-order chi connectivity index (χ0) is 17.1. The number of amides is 1. The van der Waals surface area contributed by atoms with Gasteiger partial charge in [-0.1, -0.05) is 13.8 Å². The Bertz CT molecular complexity index is 642. The lowest BCUT2D eigenvalue weighted by Crippen LogP contribution is -2.39. The molecule has 130 valence electrons. The molecule has 6 nitrogen and oxygen atoms in total. The molecule has 1 unspecified atom stereocenters. The van der Waals surface area contributed by atoms with Crippen LogP contribution in [0.25, 0.3) is 0 Å². The molecule has 2 aliphatic heterocycles. The van der Waals surface area contributed by atoms with E-state index in [4.69, 9.17) is 9.84 Å². The summed E-state index contributed by atoms with van der Waals surface area (Å²) < 4.78 is 5.79. The Labute approximate surface area is 142 Å². The second kappa shape index (κ2) is 7.21. The number of aliphatic imine (C=N–C) groups is 1. The lowest BCUT2D eigenvalue weighted by Gasteiger charge is -2.29. The maximum atomic E-state index is 12.2. The summed E-state index contributed by atoms with van der Waals surface area (Å²) in [6, 6.07) is 5.71. The lowest BCUT2D eigenvalue weighted by atomic mass is 10.0. The third-order valence-electron chi connectivity index (χ3n) is 4.43. The standard InChI is InChI=1S/C18H25N3O3/c1-12(2)16-17(23)20-18-19-15-7-6-14(10-13(15)11-21(16)18)24-9-5-3-4-8-22/h6-7,10,12,16,22H,3-5,8-9,11H2,1-2H3,(H,19,20,23). The van der Waals surface area contributed by atoms with Gasteiger partial charge in [-0.3, -0.25) is 10.1 Å². The average Bonchev–Trinajstić information content (AvgIpc) is 2.87. The molecule has 2 N–H and O–H groups in total. The molecule has 6 heteroatoms. The van der Waals surface area contributed by atoms with Gasteiger partial charge in [-0.05, 0) is 43.4 Å². The van der Waals surface area contributed by atoms with Crippen LogP contribution in [0.3, 0.4) is 0 Å². The van der Waals surface area contributed by atoms with Crippen molar-refractivity contribution in [2.24, 2.45) is 10.9 Å². The highest BCUT2D eigenvalue weighted by Gasteiger charge is 2.40. The van der Waals surface area contributed by atoms with Gasteiger partial charge in [-0.2, -0.15) is 0 Å². The number of guanidine groups is 1. The molecule has 0 aliphatic carbocycles. The molecule has 1 fully saturated rings. The monoisotopic (exact) mass is 331 g/mol. The number of aliphatic hydroxyl groups excluding tert-OH is 1. The smallest absolute Gasteiger partial charge is 0.249 e. The van der Waals surface area contributed by atoms with E-state index in [1.54, 1.807) is 0 Å². The SMILES string of the molecule is CC(C)C1C(=O)NC2=Nc3ccc(OCCCCCO)cc3CN21. The van der Waals surface area contributed by atoms with Gasteiger partial charge in [0.2, 0.25) is 11.9 Å². The van der Waals surface area contributed by atoms with Gasteiger partial charge in [0.1, 0.15) is 11.8 Å². The van der Waals surface area contributed by atoms with Crippen molar-refractivity contribution < 1.29 is 14.6 Å². The van der Waals surface area contributed by atoms with Crippen molar-refractivity contribution in [1.82, 2.24) is 10.2 Å². The van der Waals surface area contributed by atoms with Crippen molar-refractivity contribution >= 4 is 17.6 Å². The Morgan fingerprint density at radius 2 is 2.21 bits per heavy atom. The third-order valence-corrected chi connectivity index (χ3v) is 4.43. The normalized spacial score (nSPS) is 19.0. The van der Waals surface area contributed by atoms with E-state index in [2.05, 4.69) is 24.2 Å². The van der Waals surface area contributed by atoms with E-state index in [9.17, 15) is 4.79 Å². The number of ether oxygens (including phenoxy) is 1. The maximum absolute atomic E-state index is 12.2. The Kier molecular flexibility index (Phi) is 5.04. The lowest BCUT2D eigenvalue weighted by molar-refractivity contribution is -0.122. The summed E-state index contributed by atoms with van der Waals surface area (Å²) in [5, 5.41) is 11.7. The van der Waals surface area contributed by atoms with Crippen LogP contribution < -0.4 is 10.1 Å². The number of aliphatic hydroxyl groups is 1. The predicted octanol–water partition coefficient (Wildman–Crippen LogP) is 2.19. The number of carbonyl (C=O) groups is 1. The summed E-state index contributed by atoms with van der Waals surface area (Å²) >= 11 is 0. The van der Waals surface area contributed by atoms with Crippen LogP contribution in [0, 0.1) is 5.92 Å². The average molecular weight is 331 g/mol. The van der Waals surface area contributed by atoms with Gasteiger partial charge in [0.05, 0.1) is 12.3 Å². The predicted molar refractivity (Wildman–Crippen MR) is 92.3 cm³/mol. The topological polar surface area (TPSA) is 74.2 Å². The van der Waals surface area contributed by atoms with Gasteiger partial charge in [0.25, 0.3) is 0 Å². The van der Waals surface area contributed by atoms with E-state index in [1.807, 2.05) is 23.1 Å². The van der Waals surface area contributed by atoms with Crippen LogP contribution in [0.15, 0.2) is 23.2 Å². The number of hydrogen-bond donors (Lipinski definition) is 2. The second-order valence-corrected chi connectivity index (χ2v) is 6.66. The number of rotatable bonds is 7. The number of hydrogen-bond acceptors (Lipinski definition) is 5. The van der Waals surface area contributed by atoms with Crippen LogP contribution in [0.1, 0.15) is 38.7 Å². The van der Waals surface area contributed by atoms with E-state index in [0.717, 1.165) is 36.3 Å². The molecule has 0 bridgehead atoms. The van der Waals surface area contributed by atoms with Crippen LogP contribution >= 0.6 is 0 Å². The van der Waals surface area contributed by atoms with E-state index < -0.39 is 0 Å². The highest BCUT2D eigenvalue weighted by Crippen LogP contribution is 2.33. The second-order valence-electron chi connectivity index (χ2n) is 6.66. The summed E-state index contributed by atoms with van der Waals surface area (Å²) in [7, 11) is 0. The van der Waals surface area contributed by atoms with Gasteiger partial charge in [0, 0.05) is 18.7 Å². The molecule has 2 aliphatic rings. The molecule has 0 spiro atoms. The molecule has 2 heterocycles. The van der Waals surface area contributed by atoms with Crippen LogP contribution in [0.2, 0.25) is 0 Å². The van der Waals surface area contributed by atoms with Gasteiger partial charge in [0.15, 0.2) is 0 Å². The van der Waals surface area contributed by atoms with Crippen LogP contribution in [0.5, 0.6) is 5.75 Å². The van der Waals surface area contributed by atoms with Gasteiger partial charge < -0.3 is 14.7 Å².